The summed E-state index contributed by atoms with van der Waals surface area (Å²) in [6.45, 7) is 3.65. The Kier molecular flexibility index (Phi) is 5.63. The van der Waals surface area contributed by atoms with Crippen LogP contribution in [0, 0.1) is 5.92 Å². The summed E-state index contributed by atoms with van der Waals surface area (Å²) in [6.07, 6.45) is 2.49. The van der Waals surface area contributed by atoms with E-state index >= 15 is 0 Å². The molecule has 1 aromatic carbocycles. The van der Waals surface area contributed by atoms with Gasteiger partial charge in [-0.15, -0.1) is 10.2 Å². The molecular formula is C18H24N4O2S. The van der Waals surface area contributed by atoms with Crippen molar-refractivity contribution in [1.82, 2.24) is 19.7 Å². The Labute approximate surface area is 152 Å². The first-order valence-electron chi connectivity index (χ1n) is 8.57. The number of nitrogens with zero attached hydrogens (tertiary/aromatic N) is 4. The number of rotatable bonds is 8. The van der Waals surface area contributed by atoms with Crippen LogP contribution in [0.5, 0.6) is 5.75 Å². The number of carbonyl (C=O) groups is 1. The molecule has 0 N–H and O–H groups in total. The van der Waals surface area contributed by atoms with Gasteiger partial charge in [0.2, 0.25) is 5.91 Å². The molecule has 6 nitrogen and oxygen atoms in total. The number of hydrogen-bond donors (Lipinski definition) is 0. The predicted octanol–water partition coefficient (Wildman–Crippen LogP) is 2.93. The second kappa shape index (κ2) is 7.91. The minimum absolute atomic E-state index is 0.140. The molecule has 7 heteroatoms. The fraction of sp³-hybridized carbons (Fsp3) is 0.500. The second-order valence-corrected chi connectivity index (χ2v) is 7.20. The van der Waals surface area contributed by atoms with Crippen LogP contribution in [0.4, 0.5) is 0 Å². The van der Waals surface area contributed by atoms with Crippen LogP contribution in [-0.2, 0) is 11.3 Å². The zero-order chi connectivity index (χ0) is 17.8. The van der Waals surface area contributed by atoms with Gasteiger partial charge in [0.15, 0.2) is 11.0 Å². The van der Waals surface area contributed by atoms with E-state index in [0.29, 0.717) is 11.7 Å². The van der Waals surface area contributed by atoms with Crippen molar-refractivity contribution < 1.29 is 9.53 Å². The zero-order valence-corrected chi connectivity index (χ0v) is 15.8. The Balaban J connectivity index is 1.72. The smallest absolute Gasteiger partial charge is 0.232 e. The van der Waals surface area contributed by atoms with Crippen molar-refractivity contribution in [2.75, 3.05) is 26.5 Å². The molecule has 2 aromatic rings. The molecule has 0 bridgehead atoms. The predicted molar refractivity (Wildman–Crippen MR) is 98.8 cm³/mol. The summed E-state index contributed by atoms with van der Waals surface area (Å²) < 4.78 is 7.46. The van der Waals surface area contributed by atoms with Gasteiger partial charge in [0, 0.05) is 20.1 Å². The third kappa shape index (κ3) is 4.15. The quantitative estimate of drug-likeness (QED) is 0.678. The second-order valence-electron chi connectivity index (χ2n) is 6.26. The minimum atomic E-state index is 0.140. The topological polar surface area (TPSA) is 60.2 Å². The van der Waals surface area contributed by atoms with Crippen LogP contribution in [-0.4, -0.2) is 52.0 Å². The number of thioether (sulfide) groups is 1. The maximum Gasteiger partial charge on any atom is 0.232 e. The average Bonchev–Trinajstić information content (AvgIpc) is 3.35. The summed E-state index contributed by atoms with van der Waals surface area (Å²) in [7, 11) is 3.53. The molecule has 1 aliphatic carbocycles. The molecule has 1 aromatic heterocycles. The number of aromatic nitrogens is 3. The van der Waals surface area contributed by atoms with Crippen molar-refractivity contribution in [2.45, 2.75) is 31.5 Å². The summed E-state index contributed by atoms with van der Waals surface area (Å²) >= 11 is 1.44. The Hall–Kier alpha value is -2.02. The lowest BCUT2D eigenvalue weighted by atomic mass is 10.2. The molecule has 0 aliphatic heterocycles. The number of para-hydroxylation sites is 1. The number of hydrogen-bond acceptors (Lipinski definition) is 5. The fourth-order valence-corrected chi connectivity index (χ4v) is 3.68. The summed E-state index contributed by atoms with van der Waals surface area (Å²) in [4.78, 5) is 14.1. The highest BCUT2D eigenvalue weighted by atomic mass is 32.2. The molecule has 1 aliphatic rings. The monoisotopic (exact) mass is 360 g/mol. The third-order valence-electron chi connectivity index (χ3n) is 4.36. The van der Waals surface area contributed by atoms with E-state index in [1.54, 1.807) is 7.11 Å². The van der Waals surface area contributed by atoms with Crippen LogP contribution >= 0.6 is 11.8 Å². The van der Waals surface area contributed by atoms with Crippen molar-refractivity contribution in [1.29, 1.82) is 0 Å². The molecule has 0 unspecified atom stereocenters. The van der Waals surface area contributed by atoms with E-state index in [9.17, 15) is 4.79 Å². The van der Waals surface area contributed by atoms with Gasteiger partial charge in [0.05, 0.1) is 18.4 Å². The first-order valence-corrected chi connectivity index (χ1v) is 9.56. The minimum Gasteiger partial charge on any atom is -0.496 e. The lowest BCUT2D eigenvalue weighted by Crippen LogP contribution is -2.30. The molecule has 25 heavy (non-hydrogen) atoms. The third-order valence-corrected chi connectivity index (χ3v) is 5.31. The molecule has 0 saturated heterocycles. The van der Waals surface area contributed by atoms with E-state index in [1.807, 2.05) is 47.7 Å². The van der Waals surface area contributed by atoms with Crippen LogP contribution in [0.15, 0.2) is 29.4 Å². The van der Waals surface area contributed by atoms with Crippen LogP contribution in [0.2, 0.25) is 0 Å². The van der Waals surface area contributed by atoms with Crippen molar-refractivity contribution in [3.05, 3.63) is 24.3 Å². The van der Waals surface area contributed by atoms with Crippen LogP contribution < -0.4 is 4.74 Å². The molecule has 0 atom stereocenters. The highest BCUT2D eigenvalue weighted by molar-refractivity contribution is 7.99. The molecule has 1 heterocycles. The van der Waals surface area contributed by atoms with Crippen molar-refractivity contribution in [3.63, 3.8) is 0 Å². The van der Waals surface area contributed by atoms with Gasteiger partial charge in [-0.3, -0.25) is 4.79 Å². The first-order chi connectivity index (χ1) is 12.1. The molecule has 0 spiro atoms. The first kappa shape index (κ1) is 17.8. The molecule has 134 valence electrons. The summed E-state index contributed by atoms with van der Waals surface area (Å²) in [5.74, 6) is 2.76. The fourth-order valence-electron chi connectivity index (χ4n) is 2.74. The molecular weight excluding hydrogens is 336 g/mol. The summed E-state index contributed by atoms with van der Waals surface area (Å²) in [6, 6.07) is 7.76. The van der Waals surface area contributed by atoms with Gasteiger partial charge in [-0.2, -0.15) is 0 Å². The molecule has 1 fully saturated rings. The van der Waals surface area contributed by atoms with Crippen molar-refractivity contribution >= 4 is 17.7 Å². The van der Waals surface area contributed by atoms with E-state index in [1.165, 1.54) is 24.6 Å². The van der Waals surface area contributed by atoms with E-state index in [2.05, 4.69) is 10.2 Å². The van der Waals surface area contributed by atoms with Gasteiger partial charge in [-0.1, -0.05) is 23.9 Å². The summed E-state index contributed by atoms with van der Waals surface area (Å²) in [5, 5.41) is 9.39. The van der Waals surface area contributed by atoms with E-state index in [4.69, 9.17) is 4.74 Å². The molecule has 3 rings (SSSR count). The Bertz CT molecular complexity index is 742. The van der Waals surface area contributed by atoms with E-state index in [0.717, 1.165) is 35.4 Å². The van der Waals surface area contributed by atoms with Crippen LogP contribution in [0.1, 0.15) is 19.8 Å². The van der Waals surface area contributed by atoms with Gasteiger partial charge in [0.25, 0.3) is 0 Å². The maximum atomic E-state index is 12.3. The normalized spacial score (nSPS) is 13.7. The van der Waals surface area contributed by atoms with E-state index < -0.39 is 0 Å². The van der Waals surface area contributed by atoms with Crippen molar-refractivity contribution in [3.8, 4) is 17.1 Å². The molecule has 0 radical (unpaired) electrons. The number of amides is 1. The highest BCUT2D eigenvalue weighted by Crippen LogP contribution is 2.31. The Morgan fingerprint density at radius 2 is 2.12 bits per heavy atom. The number of carbonyl (C=O) groups excluding carboxylic acids is 1. The van der Waals surface area contributed by atoms with Gasteiger partial charge < -0.3 is 14.2 Å². The zero-order valence-electron chi connectivity index (χ0n) is 14.9. The molecule has 1 saturated carbocycles. The molecule has 1 amide bonds. The summed E-state index contributed by atoms with van der Waals surface area (Å²) in [5.41, 5.74) is 0.906. The maximum absolute atomic E-state index is 12.3. The van der Waals surface area contributed by atoms with Gasteiger partial charge in [0.1, 0.15) is 5.75 Å². The SMILES string of the molecule is CCn1c(SCC(=O)N(C)CC2CC2)nnc1-c1ccccc1OC. The van der Waals surface area contributed by atoms with E-state index in [-0.39, 0.29) is 5.91 Å². The van der Waals surface area contributed by atoms with Crippen molar-refractivity contribution in [2.24, 2.45) is 5.92 Å². The Morgan fingerprint density at radius 1 is 1.36 bits per heavy atom. The van der Waals surface area contributed by atoms with Gasteiger partial charge in [-0.25, -0.2) is 0 Å². The van der Waals surface area contributed by atoms with Gasteiger partial charge >= 0.3 is 0 Å². The van der Waals surface area contributed by atoms with Crippen LogP contribution in [0.3, 0.4) is 0 Å². The lowest BCUT2D eigenvalue weighted by Gasteiger charge is -2.16. The number of methoxy groups -OCH3 is 1. The number of ether oxygens (including phenoxy) is 1. The standard InChI is InChI=1S/C18H24N4O2S/c1-4-22-17(14-7-5-6-8-15(14)24-3)19-20-18(22)25-12-16(23)21(2)11-13-9-10-13/h5-8,13H,4,9-12H2,1-3H3. The van der Waals surface area contributed by atoms with Crippen LogP contribution in [0.25, 0.3) is 11.4 Å². The Morgan fingerprint density at radius 3 is 2.80 bits per heavy atom. The average molecular weight is 360 g/mol. The highest BCUT2D eigenvalue weighted by Gasteiger charge is 2.25. The lowest BCUT2D eigenvalue weighted by molar-refractivity contribution is -0.127. The largest absolute Gasteiger partial charge is 0.496 e. The number of benzene rings is 1. The van der Waals surface area contributed by atoms with Gasteiger partial charge in [-0.05, 0) is 37.8 Å².